The maximum absolute atomic E-state index is 12.8. The van der Waals surface area contributed by atoms with Crippen LogP contribution < -0.4 is 10.0 Å². The zero-order valence-electron chi connectivity index (χ0n) is 17.4. The van der Waals surface area contributed by atoms with E-state index >= 15 is 0 Å². The molecule has 31 heavy (non-hydrogen) atoms. The fourth-order valence-electron chi connectivity index (χ4n) is 3.31. The molecular formula is C22H26N4O4S. The zero-order valence-corrected chi connectivity index (χ0v) is 18.2. The molecular weight excluding hydrogens is 416 g/mol. The Morgan fingerprint density at radius 3 is 2.61 bits per heavy atom. The molecule has 0 atom stereocenters. The van der Waals surface area contributed by atoms with Crippen molar-refractivity contribution in [3.05, 3.63) is 54.1 Å². The van der Waals surface area contributed by atoms with Gasteiger partial charge in [-0.2, -0.15) is 0 Å². The zero-order chi connectivity index (χ0) is 21.8. The summed E-state index contributed by atoms with van der Waals surface area (Å²) in [6.07, 6.45) is 2.52. The van der Waals surface area contributed by atoms with Crippen molar-refractivity contribution in [1.82, 2.24) is 14.3 Å². The number of hydrogen-bond acceptors (Lipinski definition) is 5. The van der Waals surface area contributed by atoms with Crippen molar-refractivity contribution in [2.75, 3.05) is 18.5 Å². The summed E-state index contributed by atoms with van der Waals surface area (Å²) in [6, 6.07) is 13.7. The van der Waals surface area contributed by atoms with Crippen LogP contribution in [0.4, 0.5) is 5.95 Å². The summed E-state index contributed by atoms with van der Waals surface area (Å²) in [6.45, 7) is 3.90. The Kier molecular flexibility index (Phi) is 6.35. The standard InChI is InChI=1S/C22H26N4O4S/c1-2-30-15-5-14-26-20-7-4-3-6-19(20)23-22(26)24-21(27)16-8-12-18(13-9-16)31(28,29)25-17-10-11-17/h3-4,6-9,12-13,17,25H,2,5,10-11,14-15H2,1H3,(H,23,24,27). The van der Waals surface area contributed by atoms with Crippen molar-refractivity contribution in [3.63, 3.8) is 0 Å². The van der Waals surface area contributed by atoms with E-state index in [4.69, 9.17) is 4.74 Å². The summed E-state index contributed by atoms with van der Waals surface area (Å²) in [5, 5.41) is 2.86. The second-order valence-corrected chi connectivity index (χ2v) is 9.21. The van der Waals surface area contributed by atoms with E-state index in [-0.39, 0.29) is 16.8 Å². The van der Waals surface area contributed by atoms with E-state index in [0.29, 0.717) is 31.3 Å². The van der Waals surface area contributed by atoms with Gasteiger partial charge in [0.25, 0.3) is 5.91 Å². The van der Waals surface area contributed by atoms with Crippen molar-refractivity contribution in [2.24, 2.45) is 0 Å². The SMILES string of the molecule is CCOCCCn1c(NC(=O)c2ccc(S(=O)(=O)NC3CC3)cc2)nc2ccccc21. The molecule has 1 saturated carbocycles. The molecule has 1 aliphatic rings. The number of nitrogens with zero attached hydrogens (tertiary/aromatic N) is 2. The molecule has 1 aliphatic carbocycles. The van der Waals surface area contributed by atoms with E-state index < -0.39 is 10.0 Å². The molecule has 4 rings (SSSR count). The third-order valence-corrected chi connectivity index (χ3v) is 6.62. The molecule has 0 spiro atoms. The molecule has 9 heteroatoms. The van der Waals surface area contributed by atoms with Crippen LogP contribution in [0.15, 0.2) is 53.4 Å². The van der Waals surface area contributed by atoms with Gasteiger partial charge in [0.05, 0.1) is 15.9 Å². The average Bonchev–Trinajstić information content (AvgIpc) is 3.50. The molecule has 0 radical (unpaired) electrons. The molecule has 2 aromatic carbocycles. The Hall–Kier alpha value is -2.75. The predicted molar refractivity (Wildman–Crippen MR) is 119 cm³/mol. The van der Waals surface area contributed by atoms with Crippen LogP contribution in [0.1, 0.15) is 36.5 Å². The number of sulfonamides is 1. The average molecular weight is 443 g/mol. The van der Waals surface area contributed by atoms with Crippen molar-refractivity contribution in [1.29, 1.82) is 0 Å². The molecule has 0 saturated heterocycles. The van der Waals surface area contributed by atoms with E-state index in [1.54, 1.807) is 0 Å². The quantitative estimate of drug-likeness (QED) is 0.470. The molecule has 1 heterocycles. The summed E-state index contributed by atoms with van der Waals surface area (Å²) in [4.78, 5) is 17.5. The molecule has 8 nitrogen and oxygen atoms in total. The highest BCUT2D eigenvalue weighted by molar-refractivity contribution is 7.89. The van der Waals surface area contributed by atoms with E-state index in [0.717, 1.165) is 30.3 Å². The van der Waals surface area contributed by atoms with Crippen LogP contribution in [-0.4, -0.2) is 43.1 Å². The van der Waals surface area contributed by atoms with Gasteiger partial charge in [-0.3, -0.25) is 10.1 Å². The topological polar surface area (TPSA) is 102 Å². The molecule has 164 valence electrons. The van der Waals surface area contributed by atoms with Gasteiger partial charge in [0.1, 0.15) is 0 Å². The first kappa shape index (κ1) is 21.5. The van der Waals surface area contributed by atoms with Crippen LogP contribution >= 0.6 is 0 Å². The number of ether oxygens (including phenoxy) is 1. The van der Waals surface area contributed by atoms with Gasteiger partial charge >= 0.3 is 0 Å². The monoisotopic (exact) mass is 442 g/mol. The number of carbonyl (C=O) groups is 1. The third kappa shape index (κ3) is 5.12. The molecule has 1 aromatic heterocycles. The van der Waals surface area contributed by atoms with Crippen LogP contribution in [0.5, 0.6) is 0 Å². The minimum Gasteiger partial charge on any atom is -0.382 e. The molecule has 1 amide bonds. The first-order valence-corrected chi connectivity index (χ1v) is 11.9. The predicted octanol–water partition coefficient (Wildman–Crippen LogP) is 3.16. The Bertz CT molecular complexity index is 1170. The van der Waals surface area contributed by atoms with Crippen LogP contribution in [0.3, 0.4) is 0 Å². The summed E-state index contributed by atoms with van der Waals surface area (Å²) in [5.74, 6) is 0.107. The fourth-order valence-corrected chi connectivity index (χ4v) is 4.62. The van der Waals surface area contributed by atoms with Crippen LogP contribution in [-0.2, 0) is 21.3 Å². The van der Waals surface area contributed by atoms with Gasteiger partial charge in [-0.15, -0.1) is 0 Å². The molecule has 0 bridgehead atoms. The minimum atomic E-state index is -3.55. The highest BCUT2D eigenvalue weighted by atomic mass is 32.2. The van der Waals surface area contributed by atoms with Crippen molar-refractivity contribution < 1.29 is 17.9 Å². The van der Waals surface area contributed by atoms with Gasteiger partial charge < -0.3 is 9.30 Å². The number of aryl methyl sites for hydroxylation is 1. The van der Waals surface area contributed by atoms with Crippen LogP contribution in [0.2, 0.25) is 0 Å². The van der Waals surface area contributed by atoms with Gasteiger partial charge in [0, 0.05) is 31.4 Å². The number of hydrogen-bond donors (Lipinski definition) is 2. The summed E-state index contributed by atoms with van der Waals surface area (Å²) < 4.78 is 34.6. The second-order valence-electron chi connectivity index (χ2n) is 7.50. The molecule has 0 unspecified atom stereocenters. The lowest BCUT2D eigenvalue weighted by Gasteiger charge is -2.11. The highest BCUT2D eigenvalue weighted by Gasteiger charge is 2.28. The van der Waals surface area contributed by atoms with E-state index in [1.807, 2.05) is 35.8 Å². The molecule has 2 N–H and O–H groups in total. The number of imidazole rings is 1. The smallest absolute Gasteiger partial charge is 0.257 e. The molecule has 0 aliphatic heterocycles. The molecule has 1 fully saturated rings. The second kappa shape index (κ2) is 9.17. The Labute approximate surface area is 181 Å². The summed E-state index contributed by atoms with van der Waals surface area (Å²) >= 11 is 0. The Morgan fingerprint density at radius 1 is 1.16 bits per heavy atom. The van der Waals surface area contributed by atoms with Gasteiger partial charge in [0.15, 0.2) is 0 Å². The lowest BCUT2D eigenvalue weighted by molar-refractivity contribution is 0.102. The van der Waals surface area contributed by atoms with E-state index in [9.17, 15) is 13.2 Å². The van der Waals surface area contributed by atoms with Crippen molar-refractivity contribution in [3.8, 4) is 0 Å². The van der Waals surface area contributed by atoms with Gasteiger partial charge in [-0.1, -0.05) is 12.1 Å². The van der Waals surface area contributed by atoms with E-state index in [1.165, 1.54) is 24.3 Å². The van der Waals surface area contributed by atoms with Crippen LogP contribution in [0.25, 0.3) is 11.0 Å². The lowest BCUT2D eigenvalue weighted by Crippen LogP contribution is -2.25. The van der Waals surface area contributed by atoms with Crippen molar-refractivity contribution in [2.45, 2.75) is 43.7 Å². The number of nitrogens with one attached hydrogen (secondary N) is 2. The van der Waals surface area contributed by atoms with Gasteiger partial charge in [-0.05, 0) is 62.6 Å². The highest BCUT2D eigenvalue weighted by Crippen LogP contribution is 2.23. The van der Waals surface area contributed by atoms with Gasteiger partial charge in [-0.25, -0.2) is 18.1 Å². The van der Waals surface area contributed by atoms with E-state index in [2.05, 4.69) is 15.0 Å². The normalized spacial score (nSPS) is 14.1. The number of rotatable bonds is 10. The lowest BCUT2D eigenvalue weighted by atomic mass is 10.2. The summed E-state index contributed by atoms with van der Waals surface area (Å²) in [5.41, 5.74) is 2.09. The largest absolute Gasteiger partial charge is 0.382 e. The summed E-state index contributed by atoms with van der Waals surface area (Å²) in [7, 11) is -3.55. The number of amides is 1. The Morgan fingerprint density at radius 2 is 1.90 bits per heavy atom. The fraction of sp³-hybridized carbons (Fsp3) is 0.364. The minimum absolute atomic E-state index is 0.0312. The number of anilines is 1. The maximum Gasteiger partial charge on any atom is 0.257 e. The van der Waals surface area contributed by atoms with Gasteiger partial charge in [0.2, 0.25) is 16.0 Å². The third-order valence-electron chi connectivity index (χ3n) is 5.08. The number of benzene rings is 2. The first-order chi connectivity index (χ1) is 15.0. The Balaban J connectivity index is 1.51. The number of para-hydroxylation sites is 2. The van der Waals surface area contributed by atoms with Crippen molar-refractivity contribution >= 4 is 32.9 Å². The number of carbonyl (C=O) groups excluding carboxylic acids is 1. The van der Waals surface area contributed by atoms with Crippen LogP contribution in [0, 0.1) is 0 Å². The maximum atomic E-state index is 12.8. The first-order valence-electron chi connectivity index (χ1n) is 10.4. The number of aromatic nitrogens is 2. The number of fused-ring (bicyclic) bond motifs is 1. The molecule has 3 aromatic rings.